The van der Waals surface area contributed by atoms with Crippen molar-refractivity contribution in [2.45, 2.75) is 13.3 Å². The Hall–Kier alpha value is -0.950. The predicted octanol–water partition coefficient (Wildman–Crippen LogP) is 1.97. The molecule has 0 saturated carbocycles. The summed E-state index contributed by atoms with van der Waals surface area (Å²) in [6.45, 7) is 2.30. The second kappa shape index (κ2) is 10.1. The lowest BCUT2D eigenvalue weighted by Gasteiger charge is -2.27. The third kappa shape index (κ3) is 4.17. The second-order valence-corrected chi connectivity index (χ2v) is 9.16. The molecule has 0 unspecified atom stereocenters. The zero-order valence-electron chi connectivity index (χ0n) is 13.8. The molecule has 0 nitrogen and oxygen atoms in total. The lowest BCUT2D eigenvalue weighted by Crippen LogP contribution is -3.00. The highest BCUT2D eigenvalue weighted by Crippen LogP contribution is 2.55. The van der Waals surface area contributed by atoms with Crippen LogP contribution in [0.2, 0.25) is 0 Å². The standard InChI is InChI=1S/C21H22P.2BrH/c1-2-18-22(19-12-6-3-7-13-19,20-14-8-4-9-15-20)21-16-10-5-11-17-21;;/h3-17H,2,18H2,1H3;2*1H/q+1;;/p-1. The molecular formula is C21H23Br2P. The van der Waals surface area contributed by atoms with Crippen LogP contribution < -0.4 is 32.9 Å². The van der Waals surface area contributed by atoms with E-state index in [4.69, 9.17) is 0 Å². The Bertz CT molecular complexity index is 603. The van der Waals surface area contributed by atoms with E-state index in [-0.39, 0.29) is 34.0 Å². The van der Waals surface area contributed by atoms with Gasteiger partial charge in [0.1, 0.15) is 23.2 Å². The summed E-state index contributed by atoms with van der Waals surface area (Å²) >= 11 is 0. The van der Waals surface area contributed by atoms with Crippen LogP contribution in [0.3, 0.4) is 0 Å². The van der Waals surface area contributed by atoms with Crippen molar-refractivity contribution in [2.24, 2.45) is 0 Å². The molecule has 0 spiro atoms. The summed E-state index contributed by atoms with van der Waals surface area (Å²) in [5.74, 6) is 0. The Morgan fingerprint density at radius 2 is 0.875 bits per heavy atom. The topological polar surface area (TPSA) is 0 Å². The van der Waals surface area contributed by atoms with Crippen LogP contribution in [0, 0.1) is 0 Å². The first-order valence-electron chi connectivity index (χ1n) is 7.93. The van der Waals surface area contributed by atoms with Gasteiger partial charge in [-0.3, -0.25) is 0 Å². The van der Waals surface area contributed by atoms with E-state index in [1.165, 1.54) is 28.5 Å². The molecule has 0 N–H and O–H groups in total. The van der Waals surface area contributed by atoms with E-state index in [9.17, 15) is 0 Å². The minimum atomic E-state index is -1.55. The highest BCUT2D eigenvalue weighted by molar-refractivity contribution is 8.93. The van der Waals surface area contributed by atoms with Crippen LogP contribution in [0.5, 0.6) is 0 Å². The summed E-state index contributed by atoms with van der Waals surface area (Å²) < 4.78 is 0. The van der Waals surface area contributed by atoms with Crippen molar-refractivity contribution in [1.29, 1.82) is 0 Å². The minimum Gasteiger partial charge on any atom is -1.00 e. The molecule has 3 aromatic carbocycles. The Labute approximate surface area is 167 Å². The number of halogens is 2. The molecule has 0 fully saturated rings. The first-order valence-corrected chi connectivity index (χ1v) is 9.90. The van der Waals surface area contributed by atoms with Crippen molar-refractivity contribution in [3.8, 4) is 0 Å². The SMILES string of the molecule is Br.CCC[P+](c1ccccc1)(c1ccccc1)c1ccccc1.[Br-]. The fraction of sp³-hybridized carbons (Fsp3) is 0.143. The summed E-state index contributed by atoms with van der Waals surface area (Å²) in [7, 11) is -1.55. The van der Waals surface area contributed by atoms with Gasteiger partial charge in [0, 0.05) is 0 Å². The average Bonchev–Trinajstić information content (AvgIpc) is 2.62. The largest absolute Gasteiger partial charge is 1.00 e. The van der Waals surface area contributed by atoms with E-state index in [0.29, 0.717) is 0 Å². The van der Waals surface area contributed by atoms with Crippen molar-refractivity contribution in [3.05, 3.63) is 91.0 Å². The lowest BCUT2D eigenvalue weighted by molar-refractivity contribution is -0.00000444. The van der Waals surface area contributed by atoms with Crippen molar-refractivity contribution < 1.29 is 17.0 Å². The maximum atomic E-state index is 2.31. The van der Waals surface area contributed by atoms with E-state index >= 15 is 0 Å². The monoisotopic (exact) mass is 464 g/mol. The molecule has 3 aromatic rings. The Balaban J connectivity index is 0.00000144. The van der Waals surface area contributed by atoms with Gasteiger partial charge >= 0.3 is 0 Å². The van der Waals surface area contributed by atoms with Crippen molar-refractivity contribution in [1.82, 2.24) is 0 Å². The molecule has 0 aliphatic carbocycles. The summed E-state index contributed by atoms with van der Waals surface area (Å²) in [5, 5.41) is 4.44. The molecule has 0 atom stereocenters. The van der Waals surface area contributed by atoms with Gasteiger partial charge in [0.2, 0.25) is 0 Å². The fourth-order valence-electron chi connectivity index (χ4n) is 3.22. The molecule has 3 rings (SSSR count). The minimum absolute atomic E-state index is 0. The van der Waals surface area contributed by atoms with E-state index in [0.717, 1.165) is 0 Å². The third-order valence-electron chi connectivity index (χ3n) is 4.15. The van der Waals surface area contributed by atoms with Crippen molar-refractivity contribution >= 4 is 40.2 Å². The Morgan fingerprint density at radius 3 is 1.12 bits per heavy atom. The van der Waals surface area contributed by atoms with Crippen LogP contribution in [0.25, 0.3) is 0 Å². The van der Waals surface area contributed by atoms with Crippen molar-refractivity contribution in [2.75, 3.05) is 6.16 Å². The van der Waals surface area contributed by atoms with Crippen molar-refractivity contribution in [3.63, 3.8) is 0 Å². The maximum absolute atomic E-state index is 2.31. The smallest absolute Gasteiger partial charge is 0.112 e. The molecule has 24 heavy (non-hydrogen) atoms. The van der Waals surface area contributed by atoms with Gasteiger partial charge in [-0.25, -0.2) is 0 Å². The molecule has 0 amide bonds. The van der Waals surface area contributed by atoms with Gasteiger partial charge in [-0.2, -0.15) is 0 Å². The van der Waals surface area contributed by atoms with Gasteiger partial charge in [0.05, 0.1) is 6.16 Å². The van der Waals surface area contributed by atoms with Crippen LogP contribution in [-0.2, 0) is 0 Å². The quantitative estimate of drug-likeness (QED) is 0.505. The van der Waals surface area contributed by atoms with Gasteiger partial charge in [-0.1, -0.05) is 61.5 Å². The first kappa shape index (κ1) is 21.1. The molecule has 0 radical (unpaired) electrons. The van der Waals surface area contributed by atoms with Gasteiger partial charge in [0.25, 0.3) is 0 Å². The molecule has 0 heterocycles. The van der Waals surface area contributed by atoms with Gasteiger partial charge in [-0.05, 0) is 42.8 Å². The van der Waals surface area contributed by atoms with E-state index in [1.54, 1.807) is 0 Å². The molecule has 0 aliphatic rings. The number of hydrogen-bond donors (Lipinski definition) is 0. The van der Waals surface area contributed by atoms with Crippen LogP contribution in [0.15, 0.2) is 91.0 Å². The van der Waals surface area contributed by atoms with E-state index in [1.807, 2.05) is 0 Å². The molecular weight excluding hydrogens is 443 g/mol. The fourth-order valence-corrected chi connectivity index (χ4v) is 7.60. The van der Waals surface area contributed by atoms with Gasteiger partial charge in [-0.15, -0.1) is 17.0 Å². The number of rotatable bonds is 5. The van der Waals surface area contributed by atoms with E-state index in [2.05, 4.69) is 97.9 Å². The third-order valence-corrected chi connectivity index (χ3v) is 8.81. The summed E-state index contributed by atoms with van der Waals surface area (Å²) in [6.07, 6.45) is 2.40. The molecule has 0 aromatic heterocycles. The predicted molar refractivity (Wildman–Crippen MR) is 111 cm³/mol. The van der Waals surface area contributed by atoms with Crippen LogP contribution >= 0.6 is 24.2 Å². The Morgan fingerprint density at radius 1 is 0.583 bits per heavy atom. The summed E-state index contributed by atoms with van der Waals surface area (Å²) in [4.78, 5) is 0. The van der Waals surface area contributed by atoms with Gasteiger partial charge in [0.15, 0.2) is 0 Å². The molecule has 126 valence electrons. The number of hydrogen-bond acceptors (Lipinski definition) is 0. The number of benzene rings is 3. The summed E-state index contributed by atoms with van der Waals surface area (Å²) in [6, 6.07) is 33.2. The molecule has 3 heteroatoms. The second-order valence-electron chi connectivity index (χ2n) is 5.54. The first-order chi connectivity index (χ1) is 10.9. The van der Waals surface area contributed by atoms with Crippen LogP contribution in [0.1, 0.15) is 13.3 Å². The highest BCUT2D eigenvalue weighted by atomic mass is 79.9. The van der Waals surface area contributed by atoms with Crippen LogP contribution in [0.4, 0.5) is 0 Å². The zero-order chi connectivity index (χ0) is 15.3. The van der Waals surface area contributed by atoms with E-state index < -0.39 is 7.26 Å². The molecule has 0 saturated heterocycles. The molecule has 0 bridgehead atoms. The van der Waals surface area contributed by atoms with Gasteiger partial charge < -0.3 is 17.0 Å². The summed E-state index contributed by atoms with van der Waals surface area (Å²) in [5.41, 5.74) is 0. The lowest BCUT2D eigenvalue weighted by atomic mass is 10.4. The normalized spacial score (nSPS) is 10.4. The highest BCUT2D eigenvalue weighted by Gasteiger charge is 2.43. The Kier molecular flexibility index (Phi) is 8.91. The van der Waals surface area contributed by atoms with Crippen LogP contribution in [-0.4, -0.2) is 6.16 Å². The maximum Gasteiger partial charge on any atom is 0.112 e. The average molecular weight is 466 g/mol. The molecule has 0 aliphatic heterocycles. The zero-order valence-corrected chi connectivity index (χ0v) is 18.0.